The van der Waals surface area contributed by atoms with E-state index in [0.717, 1.165) is 22.3 Å². The fourth-order valence-electron chi connectivity index (χ4n) is 2.73. The molecule has 0 saturated carbocycles. The van der Waals surface area contributed by atoms with Crippen LogP contribution in [0.2, 0.25) is 0 Å². The lowest BCUT2D eigenvalue weighted by atomic mass is 10.1. The molecule has 1 amide bonds. The first-order valence-electron chi connectivity index (χ1n) is 9.39. The highest BCUT2D eigenvalue weighted by atomic mass is 32.2. The van der Waals surface area contributed by atoms with E-state index in [9.17, 15) is 13.2 Å². The fraction of sp³-hybridized carbons (Fsp3) is 0.174. The first kappa shape index (κ1) is 21.8. The maximum absolute atomic E-state index is 12.7. The summed E-state index contributed by atoms with van der Waals surface area (Å²) in [6.45, 7) is 0.526. The molecule has 3 aromatic rings. The summed E-state index contributed by atoms with van der Waals surface area (Å²) in [5.41, 5.74) is 2.38. The van der Waals surface area contributed by atoms with Crippen molar-refractivity contribution in [1.82, 2.24) is 5.32 Å². The summed E-state index contributed by atoms with van der Waals surface area (Å²) < 4.78 is 28.5. The number of hydrogen-bond acceptors (Lipinski definition) is 5. The summed E-state index contributed by atoms with van der Waals surface area (Å²) in [6.07, 6.45) is 2.94. The maximum Gasteiger partial charge on any atom is 0.252 e. The smallest absolute Gasteiger partial charge is 0.252 e. The van der Waals surface area contributed by atoms with Gasteiger partial charge in [0.1, 0.15) is 22.2 Å². The zero-order valence-electron chi connectivity index (χ0n) is 16.6. The van der Waals surface area contributed by atoms with Crippen molar-refractivity contribution in [2.75, 3.05) is 18.6 Å². The number of amides is 1. The molecule has 1 heterocycles. The van der Waals surface area contributed by atoms with Crippen molar-refractivity contribution in [3.63, 3.8) is 0 Å². The van der Waals surface area contributed by atoms with Crippen molar-refractivity contribution >= 4 is 38.7 Å². The van der Waals surface area contributed by atoms with Crippen molar-refractivity contribution in [3.8, 4) is 5.75 Å². The van der Waals surface area contributed by atoms with E-state index in [4.69, 9.17) is 4.74 Å². The number of sulfone groups is 1. The van der Waals surface area contributed by atoms with Gasteiger partial charge in [-0.05, 0) is 40.8 Å². The predicted octanol–water partition coefficient (Wildman–Crippen LogP) is 4.03. The second-order valence-electron chi connectivity index (χ2n) is 6.77. The van der Waals surface area contributed by atoms with Crippen LogP contribution in [0.25, 0.3) is 11.6 Å². The molecule has 30 heavy (non-hydrogen) atoms. The van der Waals surface area contributed by atoms with Gasteiger partial charge in [-0.25, -0.2) is 8.42 Å². The molecule has 7 heteroatoms. The lowest BCUT2D eigenvalue weighted by Gasteiger charge is -2.09. The number of carbonyl (C=O) groups is 1. The minimum atomic E-state index is -3.14. The minimum absolute atomic E-state index is 0.0700. The zero-order chi connectivity index (χ0) is 21.4. The zero-order valence-corrected chi connectivity index (χ0v) is 18.2. The van der Waals surface area contributed by atoms with E-state index < -0.39 is 9.84 Å². The van der Waals surface area contributed by atoms with E-state index in [1.165, 1.54) is 11.3 Å². The van der Waals surface area contributed by atoms with Crippen LogP contribution in [0, 0.1) is 0 Å². The molecule has 0 aliphatic carbocycles. The first-order valence-corrected chi connectivity index (χ1v) is 12.3. The molecule has 0 spiro atoms. The van der Waals surface area contributed by atoms with E-state index in [2.05, 4.69) is 5.32 Å². The van der Waals surface area contributed by atoms with Gasteiger partial charge in [0.05, 0.1) is 11.3 Å². The Morgan fingerprint density at radius 2 is 1.87 bits per heavy atom. The lowest BCUT2D eigenvalue weighted by Crippen LogP contribution is -2.29. The number of hydrogen-bond donors (Lipinski definition) is 1. The quantitative estimate of drug-likeness (QED) is 0.509. The van der Waals surface area contributed by atoms with Crippen LogP contribution in [0.3, 0.4) is 0 Å². The summed E-state index contributed by atoms with van der Waals surface area (Å²) in [5.74, 6) is 0.298. The Morgan fingerprint density at radius 3 is 2.57 bits per heavy atom. The molecule has 0 saturated heterocycles. The molecule has 0 bridgehead atoms. The molecule has 0 atom stereocenters. The molecule has 0 aliphatic heterocycles. The van der Waals surface area contributed by atoms with Crippen LogP contribution in [0.4, 0.5) is 0 Å². The monoisotopic (exact) mass is 441 g/mol. The standard InChI is InChI=1S/C23H23NO4S2/c1-30(26,27)14-12-24-23(25)21(22-11-6-13-29-22)16-19-9-5-10-20(15-19)28-17-18-7-3-2-4-8-18/h2-11,13,15-16H,12,14,17H2,1H3,(H,24,25)/b21-16+. The van der Waals surface area contributed by atoms with E-state index in [1.54, 1.807) is 6.08 Å². The van der Waals surface area contributed by atoms with Gasteiger partial charge in [-0.2, -0.15) is 0 Å². The van der Waals surface area contributed by atoms with E-state index in [-0.39, 0.29) is 18.2 Å². The average molecular weight is 442 g/mol. The Kier molecular flexibility index (Phi) is 7.43. The van der Waals surface area contributed by atoms with Gasteiger partial charge in [-0.3, -0.25) is 4.79 Å². The van der Waals surface area contributed by atoms with Gasteiger partial charge in [-0.1, -0.05) is 48.5 Å². The Labute approximate surface area is 181 Å². The number of carbonyl (C=O) groups excluding carboxylic acids is 1. The minimum Gasteiger partial charge on any atom is -0.489 e. The average Bonchev–Trinajstić information content (AvgIpc) is 3.25. The second-order valence-corrected chi connectivity index (χ2v) is 9.98. The molecule has 0 unspecified atom stereocenters. The van der Waals surface area contributed by atoms with Crippen LogP contribution in [0.5, 0.6) is 5.75 Å². The van der Waals surface area contributed by atoms with E-state index in [1.807, 2.05) is 72.1 Å². The van der Waals surface area contributed by atoms with Gasteiger partial charge < -0.3 is 10.1 Å². The number of thiophene rings is 1. The van der Waals surface area contributed by atoms with Crippen molar-refractivity contribution in [2.24, 2.45) is 0 Å². The van der Waals surface area contributed by atoms with Crippen LogP contribution in [0.15, 0.2) is 72.1 Å². The molecular formula is C23H23NO4S2. The van der Waals surface area contributed by atoms with Gasteiger partial charge in [0, 0.05) is 17.7 Å². The highest BCUT2D eigenvalue weighted by molar-refractivity contribution is 7.90. The molecule has 3 rings (SSSR count). The second kappa shape index (κ2) is 10.2. The molecular weight excluding hydrogens is 418 g/mol. The lowest BCUT2D eigenvalue weighted by molar-refractivity contribution is -0.115. The number of rotatable bonds is 9. The molecule has 156 valence electrons. The third-order valence-electron chi connectivity index (χ3n) is 4.21. The summed E-state index contributed by atoms with van der Waals surface area (Å²) in [4.78, 5) is 13.5. The van der Waals surface area contributed by atoms with Crippen LogP contribution in [0.1, 0.15) is 16.0 Å². The molecule has 2 aromatic carbocycles. The SMILES string of the molecule is CS(=O)(=O)CCNC(=O)/C(=C/c1cccc(OCc2ccccc2)c1)c1cccs1. The van der Waals surface area contributed by atoms with Crippen molar-refractivity contribution in [1.29, 1.82) is 0 Å². The Hall–Kier alpha value is -2.90. The largest absolute Gasteiger partial charge is 0.489 e. The molecule has 5 nitrogen and oxygen atoms in total. The van der Waals surface area contributed by atoms with Crippen LogP contribution in [-0.4, -0.2) is 32.9 Å². The summed E-state index contributed by atoms with van der Waals surface area (Å²) >= 11 is 1.45. The van der Waals surface area contributed by atoms with E-state index >= 15 is 0 Å². The topological polar surface area (TPSA) is 72.5 Å². The van der Waals surface area contributed by atoms with Gasteiger partial charge in [0.25, 0.3) is 5.91 Å². The van der Waals surface area contributed by atoms with Crippen molar-refractivity contribution in [3.05, 3.63) is 88.1 Å². The molecule has 1 aromatic heterocycles. The Bertz CT molecular complexity index is 1110. The first-order chi connectivity index (χ1) is 14.4. The normalized spacial score (nSPS) is 11.8. The van der Waals surface area contributed by atoms with Crippen LogP contribution < -0.4 is 10.1 Å². The van der Waals surface area contributed by atoms with Crippen molar-refractivity contribution in [2.45, 2.75) is 6.61 Å². The highest BCUT2D eigenvalue weighted by Gasteiger charge is 2.14. The third kappa shape index (κ3) is 6.86. The van der Waals surface area contributed by atoms with Gasteiger partial charge in [-0.15, -0.1) is 11.3 Å². The van der Waals surface area contributed by atoms with Crippen molar-refractivity contribution < 1.29 is 17.9 Å². The Balaban J connectivity index is 1.76. The highest BCUT2D eigenvalue weighted by Crippen LogP contribution is 2.25. The predicted molar refractivity (Wildman–Crippen MR) is 122 cm³/mol. The van der Waals surface area contributed by atoms with E-state index in [0.29, 0.717) is 17.9 Å². The van der Waals surface area contributed by atoms with Gasteiger partial charge in [0.2, 0.25) is 0 Å². The van der Waals surface area contributed by atoms with Crippen LogP contribution >= 0.6 is 11.3 Å². The maximum atomic E-state index is 12.7. The summed E-state index contributed by atoms with van der Waals surface area (Å²) in [5, 5.41) is 4.59. The summed E-state index contributed by atoms with van der Waals surface area (Å²) in [7, 11) is -3.14. The molecule has 0 radical (unpaired) electrons. The number of benzene rings is 2. The summed E-state index contributed by atoms with van der Waals surface area (Å²) in [6, 6.07) is 21.1. The molecule has 1 N–H and O–H groups in total. The molecule has 0 fully saturated rings. The van der Waals surface area contributed by atoms with Gasteiger partial charge in [0.15, 0.2) is 0 Å². The molecule has 0 aliphatic rings. The number of nitrogens with one attached hydrogen (secondary N) is 1. The van der Waals surface area contributed by atoms with Crippen LogP contribution in [-0.2, 0) is 21.2 Å². The fourth-order valence-corrected chi connectivity index (χ4v) is 3.94. The third-order valence-corrected chi connectivity index (χ3v) is 6.06. The van der Waals surface area contributed by atoms with Gasteiger partial charge >= 0.3 is 0 Å². The number of ether oxygens (including phenoxy) is 1. The Morgan fingerprint density at radius 1 is 1.07 bits per heavy atom.